The van der Waals surface area contributed by atoms with Gasteiger partial charge < -0.3 is 4.90 Å². The van der Waals surface area contributed by atoms with E-state index in [1.165, 1.54) is 28.6 Å². The van der Waals surface area contributed by atoms with E-state index >= 15 is 0 Å². The van der Waals surface area contributed by atoms with Gasteiger partial charge in [-0.1, -0.05) is 12.1 Å². The molecule has 0 spiro atoms. The third-order valence-corrected chi connectivity index (χ3v) is 6.34. The summed E-state index contributed by atoms with van der Waals surface area (Å²) in [4.78, 5) is 11.7. The summed E-state index contributed by atoms with van der Waals surface area (Å²) in [6, 6.07) is 9.63. The number of hydrogen-bond acceptors (Lipinski definition) is 5. The van der Waals surface area contributed by atoms with Crippen LogP contribution < -0.4 is 4.90 Å². The second-order valence-electron chi connectivity index (χ2n) is 6.19. The molecule has 1 heterocycles. The molecule has 2 aromatic rings. The largest absolute Gasteiger partial charge is 0.416 e. The Balaban J connectivity index is 1.75. The van der Waals surface area contributed by atoms with Crippen LogP contribution in [0.25, 0.3) is 0 Å². The van der Waals surface area contributed by atoms with E-state index in [9.17, 15) is 31.7 Å². The Morgan fingerprint density at radius 1 is 0.964 bits per heavy atom. The lowest BCUT2D eigenvalue weighted by Gasteiger charge is -2.35. The molecule has 1 saturated heterocycles. The highest BCUT2D eigenvalue weighted by molar-refractivity contribution is 7.89. The predicted octanol–water partition coefficient (Wildman–Crippen LogP) is 3.12. The number of alkyl halides is 3. The number of benzene rings is 2. The number of rotatable bonds is 4. The second-order valence-corrected chi connectivity index (χ2v) is 8.13. The Hall–Kier alpha value is -2.66. The Morgan fingerprint density at radius 3 is 2.21 bits per heavy atom. The van der Waals surface area contributed by atoms with Gasteiger partial charge in [0.1, 0.15) is 0 Å². The summed E-state index contributed by atoms with van der Waals surface area (Å²) < 4.78 is 65.3. The molecule has 0 aliphatic carbocycles. The molecule has 1 aliphatic rings. The van der Waals surface area contributed by atoms with Crippen molar-refractivity contribution >= 4 is 21.4 Å². The van der Waals surface area contributed by atoms with Gasteiger partial charge in [0.2, 0.25) is 10.0 Å². The molecule has 0 amide bonds. The minimum Gasteiger partial charge on any atom is -0.369 e. The summed E-state index contributed by atoms with van der Waals surface area (Å²) in [6.07, 6.45) is -4.46. The zero-order chi connectivity index (χ0) is 20.5. The Kier molecular flexibility index (Phi) is 5.31. The van der Waals surface area contributed by atoms with E-state index in [-0.39, 0.29) is 36.8 Å². The minimum absolute atomic E-state index is 0.0568. The summed E-state index contributed by atoms with van der Waals surface area (Å²) >= 11 is 0. The van der Waals surface area contributed by atoms with Gasteiger partial charge >= 0.3 is 6.18 Å². The van der Waals surface area contributed by atoms with Gasteiger partial charge in [-0.15, -0.1) is 0 Å². The van der Waals surface area contributed by atoms with E-state index in [2.05, 4.69) is 0 Å². The van der Waals surface area contributed by atoms with Crippen molar-refractivity contribution in [1.29, 1.82) is 0 Å². The van der Waals surface area contributed by atoms with Crippen LogP contribution in [0.4, 0.5) is 24.5 Å². The maximum atomic E-state index is 12.9. The van der Waals surface area contributed by atoms with Crippen molar-refractivity contribution < 1.29 is 26.5 Å². The van der Waals surface area contributed by atoms with Gasteiger partial charge in [-0.05, 0) is 24.3 Å². The number of halogens is 3. The number of nitrogens with zero attached hydrogens (tertiary/aromatic N) is 3. The molecule has 0 N–H and O–H groups in total. The first-order valence-corrected chi connectivity index (χ1v) is 9.70. The summed E-state index contributed by atoms with van der Waals surface area (Å²) in [5, 5.41) is 10.9. The number of non-ortho nitro benzene ring substituents is 1. The van der Waals surface area contributed by atoms with Gasteiger partial charge in [0.25, 0.3) is 5.69 Å². The van der Waals surface area contributed by atoms with E-state index in [1.807, 2.05) is 0 Å². The Morgan fingerprint density at radius 2 is 1.61 bits per heavy atom. The number of hydrogen-bond donors (Lipinski definition) is 0. The van der Waals surface area contributed by atoms with Crippen LogP contribution in [0, 0.1) is 10.1 Å². The molecule has 0 atom stereocenters. The van der Waals surface area contributed by atoms with Crippen molar-refractivity contribution in [3.63, 3.8) is 0 Å². The highest BCUT2D eigenvalue weighted by Crippen LogP contribution is 2.32. The molecule has 11 heteroatoms. The number of piperazine rings is 1. The Labute approximate surface area is 159 Å². The zero-order valence-corrected chi connectivity index (χ0v) is 15.3. The standard InChI is InChI=1S/C17H16F3N3O4S/c18-17(19,20)13-3-1-4-14(11-13)21-7-9-22(10-8-21)28(26,27)16-6-2-5-15(12-16)23(24)25/h1-6,11-12H,7-10H2. The first-order chi connectivity index (χ1) is 13.1. The molecule has 28 heavy (non-hydrogen) atoms. The fourth-order valence-electron chi connectivity index (χ4n) is 2.97. The first kappa shape index (κ1) is 20.1. The lowest BCUT2D eigenvalue weighted by molar-refractivity contribution is -0.385. The normalized spacial score (nSPS) is 16.2. The molecule has 2 aromatic carbocycles. The van der Waals surface area contributed by atoms with Crippen LogP contribution in [0.3, 0.4) is 0 Å². The van der Waals surface area contributed by atoms with Crippen LogP contribution in [0.15, 0.2) is 53.4 Å². The minimum atomic E-state index is -4.46. The lowest BCUT2D eigenvalue weighted by atomic mass is 10.1. The fraction of sp³-hybridized carbons (Fsp3) is 0.294. The molecule has 150 valence electrons. The van der Waals surface area contributed by atoms with E-state index in [0.717, 1.165) is 18.2 Å². The molecule has 0 bridgehead atoms. The average Bonchev–Trinajstić information content (AvgIpc) is 2.67. The third kappa shape index (κ3) is 4.09. The van der Waals surface area contributed by atoms with Crippen molar-refractivity contribution in [3.05, 3.63) is 64.2 Å². The molecular formula is C17H16F3N3O4S. The first-order valence-electron chi connectivity index (χ1n) is 8.26. The molecule has 7 nitrogen and oxygen atoms in total. The highest BCUT2D eigenvalue weighted by atomic mass is 32.2. The van der Waals surface area contributed by atoms with Gasteiger partial charge in [0, 0.05) is 44.0 Å². The van der Waals surface area contributed by atoms with Crippen LogP contribution in [0.1, 0.15) is 5.56 Å². The van der Waals surface area contributed by atoms with Crippen LogP contribution in [-0.2, 0) is 16.2 Å². The number of nitro benzene ring substituents is 1. The van der Waals surface area contributed by atoms with E-state index in [0.29, 0.717) is 5.69 Å². The van der Waals surface area contributed by atoms with Gasteiger partial charge in [-0.2, -0.15) is 17.5 Å². The Bertz CT molecular complexity index is 987. The lowest BCUT2D eigenvalue weighted by Crippen LogP contribution is -2.48. The number of anilines is 1. The molecule has 0 saturated carbocycles. The maximum absolute atomic E-state index is 12.9. The molecule has 0 aromatic heterocycles. The fourth-order valence-corrected chi connectivity index (χ4v) is 4.43. The third-order valence-electron chi connectivity index (χ3n) is 4.44. The average molecular weight is 415 g/mol. The molecule has 3 rings (SSSR count). The van der Waals surface area contributed by atoms with Gasteiger partial charge in [0.15, 0.2) is 0 Å². The van der Waals surface area contributed by atoms with E-state index in [1.54, 1.807) is 11.0 Å². The quantitative estimate of drug-likeness (QED) is 0.566. The SMILES string of the molecule is O=[N+]([O-])c1cccc(S(=O)(=O)N2CCN(c3cccc(C(F)(F)F)c3)CC2)c1. The maximum Gasteiger partial charge on any atom is 0.416 e. The summed E-state index contributed by atoms with van der Waals surface area (Å²) in [5.41, 5.74) is -0.734. The van der Waals surface area contributed by atoms with Crippen molar-refractivity contribution in [2.45, 2.75) is 11.1 Å². The van der Waals surface area contributed by atoms with E-state index in [4.69, 9.17) is 0 Å². The van der Waals surface area contributed by atoms with Gasteiger partial charge in [-0.25, -0.2) is 8.42 Å². The number of nitro groups is 1. The van der Waals surface area contributed by atoms with Gasteiger partial charge in [0.05, 0.1) is 15.4 Å². The molecule has 0 unspecified atom stereocenters. The van der Waals surface area contributed by atoms with Crippen LogP contribution >= 0.6 is 0 Å². The van der Waals surface area contributed by atoms with Gasteiger partial charge in [-0.3, -0.25) is 10.1 Å². The van der Waals surface area contributed by atoms with Crippen molar-refractivity contribution in [2.75, 3.05) is 31.1 Å². The summed E-state index contributed by atoms with van der Waals surface area (Å²) in [7, 11) is -3.93. The molecule has 1 aliphatic heterocycles. The highest BCUT2D eigenvalue weighted by Gasteiger charge is 2.32. The van der Waals surface area contributed by atoms with Crippen LogP contribution in [0.2, 0.25) is 0 Å². The van der Waals surface area contributed by atoms with Crippen LogP contribution in [0.5, 0.6) is 0 Å². The van der Waals surface area contributed by atoms with Crippen molar-refractivity contribution in [3.8, 4) is 0 Å². The molecular weight excluding hydrogens is 399 g/mol. The topological polar surface area (TPSA) is 83.8 Å². The zero-order valence-electron chi connectivity index (χ0n) is 14.5. The summed E-state index contributed by atoms with van der Waals surface area (Å²) in [5.74, 6) is 0. The van der Waals surface area contributed by atoms with Crippen LogP contribution in [-0.4, -0.2) is 43.8 Å². The monoisotopic (exact) mass is 415 g/mol. The van der Waals surface area contributed by atoms with E-state index < -0.39 is 26.7 Å². The van der Waals surface area contributed by atoms with Crippen molar-refractivity contribution in [1.82, 2.24) is 4.31 Å². The number of sulfonamides is 1. The molecule has 0 radical (unpaired) electrons. The second kappa shape index (κ2) is 7.40. The summed E-state index contributed by atoms with van der Waals surface area (Å²) in [6.45, 7) is 0.521. The smallest absolute Gasteiger partial charge is 0.369 e. The van der Waals surface area contributed by atoms with Crippen molar-refractivity contribution in [2.24, 2.45) is 0 Å². The molecule has 1 fully saturated rings. The predicted molar refractivity (Wildman–Crippen MR) is 95.5 cm³/mol.